The first kappa shape index (κ1) is 32.2. The monoisotopic (exact) mass is 648 g/mol. The van der Waals surface area contributed by atoms with Gasteiger partial charge in [-0.3, -0.25) is 19.8 Å². The number of hydrogen-bond acceptors (Lipinski definition) is 10. The molecule has 246 valence electrons. The Labute approximate surface area is 277 Å². The maximum Gasteiger partial charge on any atom is 0.419 e. The highest BCUT2D eigenvalue weighted by Crippen LogP contribution is 2.30. The van der Waals surface area contributed by atoms with Crippen LogP contribution in [0.4, 0.5) is 0 Å². The van der Waals surface area contributed by atoms with Gasteiger partial charge in [-0.2, -0.15) is 0 Å². The van der Waals surface area contributed by atoms with Gasteiger partial charge in [0, 0.05) is 59.4 Å². The molecule has 0 radical (unpaired) electrons. The summed E-state index contributed by atoms with van der Waals surface area (Å²) >= 11 is 0. The summed E-state index contributed by atoms with van der Waals surface area (Å²) in [6, 6.07) is 18.6. The van der Waals surface area contributed by atoms with E-state index >= 15 is 0 Å². The second-order valence-electron chi connectivity index (χ2n) is 11.7. The minimum absolute atomic E-state index is 0.318. The van der Waals surface area contributed by atoms with Crippen molar-refractivity contribution in [2.75, 3.05) is 28.2 Å². The highest BCUT2D eigenvalue weighted by atomic mass is 16.6. The van der Waals surface area contributed by atoms with Gasteiger partial charge in [-0.1, -0.05) is 0 Å². The number of carbonyl (C=O) groups excluding carboxylic acids is 2. The molecule has 48 heavy (non-hydrogen) atoms. The maximum absolute atomic E-state index is 13.1. The predicted molar refractivity (Wildman–Crippen MR) is 180 cm³/mol. The molecule has 2 unspecified atom stereocenters. The van der Waals surface area contributed by atoms with Gasteiger partial charge in [-0.15, -0.1) is 0 Å². The SMILES string of the molecule is CN(C)C(Cc1c[nH]c2ccc(Oc3cccnc3)cc12)OC(=O)C(=O)OC(Cc1c[nH]c2ccc(Oc3cccnc3)cc12)N(C)C. The Morgan fingerprint density at radius 2 is 1.08 bits per heavy atom. The molecule has 2 N–H and O–H groups in total. The van der Waals surface area contributed by atoms with E-state index in [4.69, 9.17) is 18.9 Å². The third kappa shape index (κ3) is 7.63. The number of hydrogen-bond donors (Lipinski definition) is 2. The first-order valence-corrected chi connectivity index (χ1v) is 15.3. The van der Waals surface area contributed by atoms with Gasteiger partial charge < -0.3 is 28.9 Å². The van der Waals surface area contributed by atoms with Gasteiger partial charge in [0.2, 0.25) is 0 Å². The number of H-pyrrole nitrogens is 2. The fraction of sp³-hybridized carbons (Fsp3) is 0.222. The van der Waals surface area contributed by atoms with Crippen LogP contribution in [-0.2, 0) is 31.9 Å². The van der Waals surface area contributed by atoms with Crippen molar-refractivity contribution in [2.24, 2.45) is 0 Å². The van der Waals surface area contributed by atoms with Crippen LogP contribution in [0.3, 0.4) is 0 Å². The topological polar surface area (TPSA) is 135 Å². The van der Waals surface area contributed by atoms with Crippen LogP contribution in [0, 0.1) is 0 Å². The number of esters is 2. The zero-order valence-corrected chi connectivity index (χ0v) is 27.0. The van der Waals surface area contributed by atoms with Crippen LogP contribution in [0.5, 0.6) is 23.0 Å². The van der Waals surface area contributed by atoms with E-state index in [0.717, 1.165) is 32.9 Å². The Hall–Kier alpha value is -5.72. The summed E-state index contributed by atoms with van der Waals surface area (Å²) in [6.07, 6.45) is 9.51. The average Bonchev–Trinajstić information content (AvgIpc) is 3.68. The fourth-order valence-electron chi connectivity index (χ4n) is 5.25. The number of nitrogens with zero attached hydrogens (tertiary/aromatic N) is 4. The van der Waals surface area contributed by atoms with Crippen molar-refractivity contribution in [2.45, 2.75) is 25.3 Å². The molecule has 2 atom stereocenters. The van der Waals surface area contributed by atoms with Crippen LogP contribution in [-0.4, -0.2) is 82.3 Å². The summed E-state index contributed by atoms with van der Waals surface area (Å²) in [5, 5.41) is 1.81. The van der Waals surface area contributed by atoms with E-state index in [0.29, 0.717) is 35.8 Å². The van der Waals surface area contributed by atoms with Crippen LogP contribution in [0.15, 0.2) is 97.8 Å². The van der Waals surface area contributed by atoms with Gasteiger partial charge in [-0.05, 0) is 100.0 Å². The highest BCUT2D eigenvalue weighted by Gasteiger charge is 2.29. The van der Waals surface area contributed by atoms with Crippen molar-refractivity contribution < 1.29 is 28.5 Å². The lowest BCUT2D eigenvalue weighted by Gasteiger charge is -2.26. The van der Waals surface area contributed by atoms with Crippen molar-refractivity contribution in [1.82, 2.24) is 29.7 Å². The van der Waals surface area contributed by atoms with Crippen LogP contribution >= 0.6 is 0 Å². The zero-order chi connectivity index (χ0) is 33.6. The first-order chi connectivity index (χ1) is 23.2. The highest BCUT2D eigenvalue weighted by molar-refractivity contribution is 6.29. The number of benzene rings is 2. The lowest BCUT2D eigenvalue weighted by atomic mass is 10.1. The number of rotatable bonds is 12. The number of pyridine rings is 2. The summed E-state index contributed by atoms with van der Waals surface area (Å²) in [4.78, 5) is 44.3. The van der Waals surface area contributed by atoms with Crippen molar-refractivity contribution >= 4 is 33.7 Å². The minimum atomic E-state index is -1.08. The van der Waals surface area contributed by atoms with Gasteiger partial charge in [0.25, 0.3) is 0 Å². The summed E-state index contributed by atoms with van der Waals surface area (Å²) in [7, 11) is 7.12. The van der Waals surface area contributed by atoms with E-state index in [-0.39, 0.29) is 0 Å². The number of likely N-dealkylation sites (N-methyl/N-ethyl adjacent to an activating group) is 2. The number of aromatic nitrogens is 4. The zero-order valence-electron chi connectivity index (χ0n) is 27.0. The molecule has 0 amide bonds. The molecular formula is C36H36N6O6. The molecule has 0 aliphatic carbocycles. The molecule has 12 heteroatoms. The normalized spacial score (nSPS) is 12.7. The molecule has 6 rings (SSSR count). The van der Waals surface area contributed by atoms with Gasteiger partial charge in [-0.25, -0.2) is 9.59 Å². The number of nitrogens with one attached hydrogen (secondary N) is 2. The standard InChI is InChI=1S/C36H36N6O6/c1-41(2)33(15-23-19-39-31-11-9-25(17-29(23)31)45-27-7-5-13-37-21-27)47-35(43)36(44)48-34(42(3)4)16-24-20-40-32-12-10-26(18-30(24)32)46-28-8-6-14-38-22-28/h5-14,17-22,33-34,39-40H,15-16H2,1-4H3. The summed E-state index contributed by atoms with van der Waals surface area (Å²) in [6.45, 7) is 0. The van der Waals surface area contributed by atoms with Crippen LogP contribution in [0.2, 0.25) is 0 Å². The van der Waals surface area contributed by atoms with Gasteiger partial charge in [0.1, 0.15) is 23.0 Å². The Morgan fingerprint density at radius 1 is 0.646 bits per heavy atom. The molecule has 0 saturated carbocycles. The molecule has 0 spiro atoms. The lowest BCUT2D eigenvalue weighted by molar-refractivity contribution is -0.182. The van der Waals surface area contributed by atoms with Crippen molar-refractivity contribution in [1.29, 1.82) is 0 Å². The Morgan fingerprint density at radius 3 is 1.46 bits per heavy atom. The Bertz CT molecular complexity index is 1860. The van der Waals surface area contributed by atoms with Crippen molar-refractivity contribution in [3.05, 3.63) is 109 Å². The molecule has 12 nitrogen and oxygen atoms in total. The van der Waals surface area contributed by atoms with E-state index in [1.54, 1.807) is 74.9 Å². The van der Waals surface area contributed by atoms with Gasteiger partial charge in [0.15, 0.2) is 12.5 Å². The molecule has 4 aromatic heterocycles. The van der Waals surface area contributed by atoms with Crippen molar-refractivity contribution in [3.63, 3.8) is 0 Å². The molecular weight excluding hydrogens is 612 g/mol. The number of aromatic amines is 2. The second-order valence-corrected chi connectivity index (χ2v) is 11.7. The average molecular weight is 649 g/mol. The Balaban J connectivity index is 1.12. The van der Waals surface area contributed by atoms with Crippen molar-refractivity contribution in [3.8, 4) is 23.0 Å². The van der Waals surface area contributed by atoms with Crippen LogP contribution in [0.25, 0.3) is 21.8 Å². The molecule has 0 fully saturated rings. The van der Waals surface area contributed by atoms with Crippen LogP contribution in [0.1, 0.15) is 11.1 Å². The van der Waals surface area contributed by atoms with Gasteiger partial charge in [0.05, 0.1) is 12.4 Å². The predicted octanol–water partition coefficient (Wildman–Crippen LogP) is 5.67. The smallest absolute Gasteiger partial charge is 0.419 e. The summed E-state index contributed by atoms with van der Waals surface area (Å²) < 4.78 is 23.3. The lowest BCUT2D eigenvalue weighted by Crippen LogP contribution is -2.40. The number of fused-ring (bicyclic) bond motifs is 2. The second kappa shape index (κ2) is 14.4. The summed E-state index contributed by atoms with van der Waals surface area (Å²) in [5.41, 5.74) is 3.57. The van der Waals surface area contributed by atoms with E-state index < -0.39 is 24.4 Å². The molecule has 0 bridgehead atoms. The first-order valence-electron chi connectivity index (χ1n) is 15.3. The van der Waals surface area contributed by atoms with E-state index in [9.17, 15) is 9.59 Å². The van der Waals surface area contributed by atoms with Gasteiger partial charge >= 0.3 is 11.9 Å². The molecule has 2 aromatic carbocycles. The molecule has 0 saturated heterocycles. The van der Waals surface area contributed by atoms with E-state index in [2.05, 4.69) is 19.9 Å². The number of ether oxygens (including phenoxy) is 4. The third-order valence-corrected chi connectivity index (χ3v) is 7.81. The fourth-order valence-corrected chi connectivity index (χ4v) is 5.25. The largest absolute Gasteiger partial charge is 0.456 e. The van der Waals surface area contributed by atoms with E-state index in [1.165, 1.54) is 0 Å². The molecule has 0 aliphatic heterocycles. The Kier molecular flexibility index (Phi) is 9.65. The molecule has 4 heterocycles. The molecule has 0 aliphatic rings. The molecule has 6 aromatic rings. The quantitative estimate of drug-likeness (QED) is 0.0971. The third-order valence-electron chi connectivity index (χ3n) is 7.81. The van der Waals surface area contributed by atoms with E-state index in [1.807, 2.05) is 60.9 Å². The summed E-state index contributed by atoms with van der Waals surface area (Å²) in [5.74, 6) is 0.362. The van der Waals surface area contributed by atoms with Crippen LogP contribution < -0.4 is 9.47 Å². The minimum Gasteiger partial charge on any atom is -0.456 e. The maximum atomic E-state index is 13.1. The number of carbonyl (C=O) groups is 2.